The van der Waals surface area contributed by atoms with Crippen LogP contribution in [0.3, 0.4) is 0 Å². The third kappa shape index (κ3) is 3.71. The highest BCUT2D eigenvalue weighted by Gasteiger charge is 2.09. The van der Waals surface area contributed by atoms with E-state index in [1.165, 1.54) is 0 Å². The van der Waals surface area contributed by atoms with Crippen LogP contribution in [0.2, 0.25) is 5.02 Å². The predicted octanol–water partition coefficient (Wildman–Crippen LogP) is 3.93. The fourth-order valence-corrected chi connectivity index (χ4v) is 1.93. The number of carbonyl (C=O) groups is 1. The first-order valence-corrected chi connectivity index (χ1v) is 6.67. The Bertz CT molecular complexity index is 601. The monoisotopic (exact) mass is 289 g/mol. The minimum absolute atomic E-state index is 0.121. The third-order valence-corrected chi connectivity index (χ3v) is 3.37. The second kappa shape index (κ2) is 6.39. The minimum Gasteiger partial charge on any atom is -0.331 e. The maximum absolute atomic E-state index is 11.9. The lowest BCUT2D eigenvalue weighted by atomic mass is 10.1. The molecule has 104 valence electrons. The maximum Gasteiger partial charge on any atom is 0.319 e. The number of pyridine rings is 1. The number of nitrogens with zero attached hydrogens (tertiary/aromatic N) is 1. The number of carbonyl (C=O) groups excluding carboxylic acids is 1. The van der Waals surface area contributed by atoms with E-state index >= 15 is 0 Å². The molecule has 0 aliphatic rings. The van der Waals surface area contributed by atoms with Crippen LogP contribution in [0.4, 0.5) is 10.5 Å². The lowest BCUT2D eigenvalue weighted by Gasteiger charge is -2.15. The number of rotatable bonds is 3. The van der Waals surface area contributed by atoms with Crippen molar-refractivity contribution in [2.24, 2.45) is 0 Å². The Morgan fingerprint density at radius 3 is 2.80 bits per heavy atom. The molecule has 0 fully saturated rings. The van der Waals surface area contributed by atoms with Crippen molar-refractivity contribution in [3.8, 4) is 0 Å². The van der Waals surface area contributed by atoms with E-state index in [2.05, 4.69) is 15.6 Å². The van der Waals surface area contributed by atoms with Crippen LogP contribution in [-0.2, 0) is 0 Å². The molecule has 0 saturated heterocycles. The fourth-order valence-electron chi connectivity index (χ4n) is 1.75. The summed E-state index contributed by atoms with van der Waals surface area (Å²) in [7, 11) is 0. The SMILES string of the molecule is Cc1ccc(NC(=O)N[C@@H](C)c2cccnc2)cc1Cl. The smallest absolute Gasteiger partial charge is 0.319 e. The van der Waals surface area contributed by atoms with Crippen molar-refractivity contribution in [1.82, 2.24) is 10.3 Å². The Kier molecular flexibility index (Phi) is 4.58. The number of urea groups is 1. The van der Waals surface area contributed by atoms with Crippen LogP contribution in [0.15, 0.2) is 42.7 Å². The van der Waals surface area contributed by atoms with Gasteiger partial charge < -0.3 is 10.6 Å². The molecule has 0 spiro atoms. The molecule has 1 aromatic heterocycles. The molecule has 20 heavy (non-hydrogen) atoms. The number of nitrogens with one attached hydrogen (secondary N) is 2. The average Bonchev–Trinajstić information content (AvgIpc) is 2.44. The number of aromatic nitrogens is 1. The number of halogens is 1. The van der Waals surface area contributed by atoms with Crippen molar-refractivity contribution in [3.63, 3.8) is 0 Å². The van der Waals surface area contributed by atoms with Crippen LogP contribution >= 0.6 is 11.6 Å². The van der Waals surface area contributed by atoms with Gasteiger partial charge in [-0.05, 0) is 43.2 Å². The zero-order chi connectivity index (χ0) is 14.5. The van der Waals surface area contributed by atoms with Crippen LogP contribution in [0, 0.1) is 6.92 Å². The first-order valence-electron chi connectivity index (χ1n) is 6.30. The van der Waals surface area contributed by atoms with Crippen molar-refractivity contribution in [1.29, 1.82) is 0 Å². The molecule has 0 bridgehead atoms. The fraction of sp³-hybridized carbons (Fsp3) is 0.200. The first kappa shape index (κ1) is 14.3. The topological polar surface area (TPSA) is 54.0 Å². The molecular formula is C15H16ClN3O. The normalized spacial score (nSPS) is 11.8. The molecular weight excluding hydrogens is 274 g/mol. The molecule has 2 aromatic rings. The molecule has 1 heterocycles. The molecule has 0 saturated carbocycles. The molecule has 1 aromatic carbocycles. The van der Waals surface area contributed by atoms with Crippen LogP contribution in [0.25, 0.3) is 0 Å². The number of hydrogen-bond donors (Lipinski definition) is 2. The molecule has 0 aliphatic carbocycles. The summed E-state index contributed by atoms with van der Waals surface area (Å²) in [5.74, 6) is 0. The third-order valence-electron chi connectivity index (χ3n) is 2.96. The van der Waals surface area contributed by atoms with Gasteiger partial charge in [0.25, 0.3) is 0 Å². The summed E-state index contributed by atoms with van der Waals surface area (Å²) in [6, 6.07) is 8.76. The minimum atomic E-state index is -0.277. The Balaban J connectivity index is 1.97. The van der Waals surface area contributed by atoms with Crippen molar-refractivity contribution >= 4 is 23.3 Å². The standard InChI is InChI=1S/C15H16ClN3O/c1-10-5-6-13(8-14(10)16)19-15(20)18-11(2)12-4-3-7-17-9-12/h3-9,11H,1-2H3,(H2,18,19,20)/t11-/m0/s1. The van der Waals surface area contributed by atoms with Gasteiger partial charge in [0.15, 0.2) is 0 Å². The molecule has 0 radical (unpaired) electrons. The largest absolute Gasteiger partial charge is 0.331 e. The summed E-state index contributed by atoms with van der Waals surface area (Å²) < 4.78 is 0. The van der Waals surface area contributed by atoms with Gasteiger partial charge in [0, 0.05) is 23.1 Å². The van der Waals surface area contributed by atoms with E-state index in [-0.39, 0.29) is 12.1 Å². The quantitative estimate of drug-likeness (QED) is 0.899. The average molecular weight is 290 g/mol. The van der Waals surface area contributed by atoms with E-state index in [1.54, 1.807) is 18.5 Å². The van der Waals surface area contributed by atoms with Gasteiger partial charge in [-0.3, -0.25) is 4.98 Å². The highest BCUT2D eigenvalue weighted by atomic mass is 35.5. The number of anilines is 1. The van der Waals surface area contributed by atoms with Crippen molar-refractivity contribution in [3.05, 3.63) is 58.9 Å². The second-order valence-electron chi connectivity index (χ2n) is 4.57. The maximum atomic E-state index is 11.9. The van der Waals surface area contributed by atoms with E-state index in [0.717, 1.165) is 11.1 Å². The Morgan fingerprint density at radius 1 is 1.35 bits per heavy atom. The van der Waals surface area contributed by atoms with Gasteiger partial charge in [-0.1, -0.05) is 23.7 Å². The highest BCUT2D eigenvalue weighted by molar-refractivity contribution is 6.31. The van der Waals surface area contributed by atoms with Gasteiger partial charge in [-0.2, -0.15) is 0 Å². The van der Waals surface area contributed by atoms with Crippen molar-refractivity contribution in [2.45, 2.75) is 19.9 Å². The number of aryl methyl sites for hydroxylation is 1. The summed E-state index contributed by atoms with van der Waals surface area (Å²) in [6.07, 6.45) is 3.43. The number of amides is 2. The van der Waals surface area contributed by atoms with Crippen molar-refractivity contribution < 1.29 is 4.79 Å². The van der Waals surface area contributed by atoms with E-state index in [0.29, 0.717) is 10.7 Å². The van der Waals surface area contributed by atoms with E-state index in [4.69, 9.17) is 11.6 Å². The molecule has 0 aliphatic heterocycles. The summed E-state index contributed by atoms with van der Waals surface area (Å²) in [6.45, 7) is 3.81. The number of hydrogen-bond acceptors (Lipinski definition) is 2. The zero-order valence-corrected chi connectivity index (χ0v) is 12.1. The summed E-state index contributed by atoms with van der Waals surface area (Å²) in [5, 5.41) is 6.23. The van der Waals surface area contributed by atoms with Gasteiger partial charge in [-0.15, -0.1) is 0 Å². The lowest BCUT2D eigenvalue weighted by Crippen LogP contribution is -2.31. The van der Waals surface area contributed by atoms with Gasteiger partial charge in [-0.25, -0.2) is 4.79 Å². The molecule has 2 amide bonds. The summed E-state index contributed by atoms with van der Waals surface area (Å²) in [5.41, 5.74) is 2.59. The van der Waals surface area contributed by atoms with Gasteiger partial charge >= 0.3 is 6.03 Å². The highest BCUT2D eigenvalue weighted by Crippen LogP contribution is 2.20. The lowest BCUT2D eigenvalue weighted by molar-refractivity contribution is 0.249. The predicted molar refractivity (Wildman–Crippen MR) is 81.0 cm³/mol. The zero-order valence-electron chi connectivity index (χ0n) is 11.4. The molecule has 0 unspecified atom stereocenters. The van der Waals surface area contributed by atoms with E-state index in [1.807, 2.05) is 38.1 Å². The van der Waals surface area contributed by atoms with E-state index in [9.17, 15) is 4.79 Å². The second-order valence-corrected chi connectivity index (χ2v) is 4.98. The Hall–Kier alpha value is -2.07. The van der Waals surface area contributed by atoms with Gasteiger partial charge in [0.05, 0.1) is 6.04 Å². The summed E-state index contributed by atoms with van der Waals surface area (Å²) in [4.78, 5) is 15.9. The molecule has 1 atom stereocenters. The molecule has 2 rings (SSSR count). The van der Waals surface area contributed by atoms with Gasteiger partial charge in [0.2, 0.25) is 0 Å². The summed E-state index contributed by atoms with van der Waals surface area (Å²) >= 11 is 6.02. The van der Waals surface area contributed by atoms with Crippen LogP contribution < -0.4 is 10.6 Å². The first-order chi connectivity index (χ1) is 9.56. The molecule has 4 nitrogen and oxygen atoms in total. The van der Waals surface area contributed by atoms with Crippen LogP contribution in [0.1, 0.15) is 24.1 Å². The van der Waals surface area contributed by atoms with Crippen LogP contribution in [0.5, 0.6) is 0 Å². The molecule has 2 N–H and O–H groups in total. The number of benzene rings is 1. The Morgan fingerprint density at radius 2 is 2.15 bits per heavy atom. The Labute approximate surface area is 123 Å². The molecule has 5 heteroatoms. The van der Waals surface area contributed by atoms with Crippen molar-refractivity contribution in [2.75, 3.05) is 5.32 Å². The van der Waals surface area contributed by atoms with Crippen LogP contribution in [-0.4, -0.2) is 11.0 Å². The van der Waals surface area contributed by atoms with Gasteiger partial charge in [0.1, 0.15) is 0 Å². The van der Waals surface area contributed by atoms with E-state index < -0.39 is 0 Å².